The van der Waals surface area contributed by atoms with E-state index in [1.807, 2.05) is 0 Å². The van der Waals surface area contributed by atoms with Gasteiger partial charge in [-0.3, -0.25) is 4.79 Å². The van der Waals surface area contributed by atoms with Crippen molar-refractivity contribution in [2.75, 3.05) is 7.11 Å². The van der Waals surface area contributed by atoms with Crippen molar-refractivity contribution in [3.05, 3.63) is 41.2 Å². The summed E-state index contributed by atoms with van der Waals surface area (Å²) in [7, 11) is 1.74. The normalized spacial score (nSPS) is 33.8. The lowest BCUT2D eigenvalue weighted by Gasteiger charge is -2.49. The smallest absolute Gasteiger partial charge is 0.307 e. The van der Waals surface area contributed by atoms with Crippen molar-refractivity contribution in [2.24, 2.45) is 17.3 Å². The van der Waals surface area contributed by atoms with Crippen molar-refractivity contribution in [3.8, 4) is 5.75 Å². The molecule has 0 heterocycles. The first-order chi connectivity index (χ1) is 11.5. The molecule has 1 saturated carbocycles. The van der Waals surface area contributed by atoms with Crippen molar-refractivity contribution in [3.63, 3.8) is 0 Å². The van der Waals surface area contributed by atoms with Crippen LogP contribution in [0.5, 0.6) is 5.75 Å². The van der Waals surface area contributed by atoms with E-state index in [1.165, 1.54) is 30.9 Å². The lowest BCUT2D eigenvalue weighted by atomic mass is 9.55. The van der Waals surface area contributed by atoms with Crippen LogP contribution in [0.3, 0.4) is 0 Å². The summed E-state index contributed by atoms with van der Waals surface area (Å²) in [6.45, 7) is 3.81. The number of hydrogen-bond acceptors (Lipinski definition) is 3. The molecule has 0 amide bonds. The van der Waals surface area contributed by atoms with E-state index in [-0.39, 0.29) is 11.4 Å². The van der Waals surface area contributed by atoms with Crippen molar-refractivity contribution in [2.45, 2.75) is 51.9 Å². The zero-order valence-electron chi connectivity index (χ0n) is 14.8. The number of fused-ring (bicyclic) bond motifs is 5. The average molecular weight is 326 g/mol. The van der Waals surface area contributed by atoms with Crippen molar-refractivity contribution in [1.82, 2.24) is 0 Å². The Morgan fingerprint density at radius 1 is 1.29 bits per heavy atom. The Kier molecular flexibility index (Phi) is 3.70. The molecule has 0 N–H and O–H groups in total. The molecule has 4 atom stereocenters. The van der Waals surface area contributed by atoms with Gasteiger partial charge >= 0.3 is 5.97 Å². The van der Waals surface area contributed by atoms with E-state index in [2.05, 4.69) is 31.2 Å². The molecule has 0 spiro atoms. The van der Waals surface area contributed by atoms with Gasteiger partial charge in [0.2, 0.25) is 0 Å². The fourth-order valence-corrected chi connectivity index (χ4v) is 5.53. The predicted octanol–water partition coefficient (Wildman–Crippen LogP) is 4.61. The summed E-state index contributed by atoms with van der Waals surface area (Å²) < 4.78 is 11.0. The molecular formula is C21H26O3. The van der Waals surface area contributed by atoms with Gasteiger partial charge < -0.3 is 9.47 Å². The number of carbonyl (C=O) groups is 1. The Hall–Kier alpha value is -1.77. The highest BCUT2D eigenvalue weighted by atomic mass is 16.5. The number of aryl methyl sites for hydroxylation is 1. The molecule has 0 saturated heterocycles. The fraction of sp³-hybridized carbons (Fsp3) is 0.571. The first-order valence-corrected chi connectivity index (χ1v) is 9.09. The Morgan fingerprint density at radius 2 is 2.12 bits per heavy atom. The Bertz CT molecular complexity index is 705. The molecule has 0 aromatic heterocycles. The summed E-state index contributed by atoms with van der Waals surface area (Å²) in [5.41, 5.74) is 3.02. The van der Waals surface area contributed by atoms with E-state index in [9.17, 15) is 4.79 Å². The van der Waals surface area contributed by atoms with Crippen LogP contribution in [-0.2, 0) is 16.0 Å². The number of methoxy groups -OCH3 is 1. The van der Waals surface area contributed by atoms with E-state index in [0.29, 0.717) is 17.8 Å². The third-order valence-corrected chi connectivity index (χ3v) is 6.70. The molecule has 3 aliphatic carbocycles. The quantitative estimate of drug-likeness (QED) is 0.745. The molecule has 4 unspecified atom stereocenters. The van der Waals surface area contributed by atoms with Gasteiger partial charge in [-0.15, -0.1) is 0 Å². The van der Waals surface area contributed by atoms with Crippen molar-refractivity contribution in [1.29, 1.82) is 0 Å². The summed E-state index contributed by atoms with van der Waals surface area (Å²) in [5, 5.41) is 0. The van der Waals surface area contributed by atoms with E-state index >= 15 is 0 Å². The van der Waals surface area contributed by atoms with Crippen LogP contribution >= 0.6 is 0 Å². The number of esters is 1. The van der Waals surface area contributed by atoms with Gasteiger partial charge in [-0.1, -0.05) is 13.0 Å². The summed E-state index contributed by atoms with van der Waals surface area (Å²) >= 11 is 0. The summed E-state index contributed by atoms with van der Waals surface area (Å²) in [6, 6.07) is 6.60. The van der Waals surface area contributed by atoms with E-state index in [4.69, 9.17) is 9.47 Å². The molecule has 4 rings (SSSR count). The second-order valence-electron chi connectivity index (χ2n) is 7.83. The molecule has 3 nitrogen and oxygen atoms in total. The van der Waals surface area contributed by atoms with Gasteiger partial charge in [0.1, 0.15) is 11.5 Å². The van der Waals surface area contributed by atoms with Crippen LogP contribution in [0.1, 0.15) is 56.6 Å². The highest BCUT2D eigenvalue weighted by Gasteiger charge is 2.53. The minimum absolute atomic E-state index is 0.0385. The second kappa shape index (κ2) is 5.65. The Balaban J connectivity index is 1.62. The third-order valence-electron chi connectivity index (χ3n) is 6.70. The maximum atomic E-state index is 11.4. The lowest BCUT2D eigenvalue weighted by molar-refractivity contribution is -0.139. The topological polar surface area (TPSA) is 35.5 Å². The van der Waals surface area contributed by atoms with Crippen LogP contribution in [0.15, 0.2) is 30.0 Å². The summed E-state index contributed by atoms with van der Waals surface area (Å²) in [4.78, 5) is 11.4. The molecule has 24 heavy (non-hydrogen) atoms. The minimum Gasteiger partial charge on any atom is -0.497 e. The molecule has 1 aromatic rings. The van der Waals surface area contributed by atoms with Crippen molar-refractivity contribution >= 4 is 5.97 Å². The van der Waals surface area contributed by atoms with Crippen LogP contribution in [0, 0.1) is 17.3 Å². The van der Waals surface area contributed by atoms with Crippen LogP contribution in [0.4, 0.5) is 0 Å². The molecule has 3 heteroatoms. The van der Waals surface area contributed by atoms with Crippen molar-refractivity contribution < 1.29 is 14.3 Å². The number of benzene rings is 1. The molecule has 3 aliphatic rings. The highest BCUT2D eigenvalue weighted by Crippen LogP contribution is 2.61. The maximum absolute atomic E-state index is 11.4. The largest absolute Gasteiger partial charge is 0.497 e. The first kappa shape index (κ1) is 15.7. The van der Waals surface area contributed by atoms with Gasteiger partial charge in [-0.2, -0.15) is 0 Å². The molecule has 1 fully saturated rings. The molecule has 1 aromatic carbocycles. The van der Waals surface area contributed by atoms with E-state index < -0.39 is 0 Å². The van der Waals surface area contributed by atoms with Crippen LogP contribution < -0.4 is 4.74 Å². The number of rotatable bonds is 2. The molecular weight excluding hydrogens is 300 g/mol. The SMILES string of the molecule is COc1ccc2c(c1)CCC1C2CCC2(C)C(OC(C)=O)=CCC12. The lowest BCUT2D eigenvalue weighted by Crippen LogP contribution is -2.41. The Morgan fingerprint density at radius 3 is 2.88 bits per heavy atom. The zero-order chi connectivity index (χ0) is 16.9. The monoisotopic (exact) mass is 326 g/mol. The molecule has 128 valence electrons. The molecule has 0 bridgehead atoms. The average Bonchev–Trinajstić information content (AvgIpc) is 2.90. The van der Waals surface area contributed by atoms with Gasteiger partial charge in [0, 0.05) is 12.3 Å². The van der Waals surface area contributed by atoms with Crippen LogP contribution in [0.25, 0.3) is 0 Å². The second-order valence-corrected chi connectivity index (χ2v) is 7.83. The fourth-order valence-electron chi connectivity index (χ4n) is 5.53. The summed E-state index contributed by atoms with van der Waals surface area (Å²) in [5.74, 6) is 3.63. The van der Waals surface area contributed by atoms with E-state index in [0.717, 1.165) is 30.8 Å². The van der Waals surface area contributed by atoms with Gasteiger partial charge in [-0.05, 0) is 79.2 Å². The third kappa shape index (κ3) is 2.28. The maximum Gasteiger partial charge on any atom is 0.307 e. The zero-order valence-corrected chi connectivity index (χ0v) is 14.8. The molecule has 0 radical (unpaired) electrons. The Labute approximate surface area is 144 Å². The van der Waals surface area contributed by atoms with Gasteiger partial charge in [0.25, 0.3) is 0 Å². The van der Waals surface area contributed by atoms with Gasteiger partial charge in [0.05, 0.1) is 7.11 Å². The highest BCUT2D eigenvalue weighted by molar-refractivity contribution is 5.67. The number of allylic oxidation sites excluding steroid dienone is 2. The van der Waals surface area contributed by atoms with Gasteiger partial charge in [0.15, 0.2) is 0 Å². The van der Waals surface area contributed by atoms with Crippen LogP contribution in [0.2, 0.25) is 0 Å². The van der Waals surface area contributed by atoms with E-state index in [1.54, 1.807) is 7.11 Å². The number of carbonyl (C=O) groups excluding carboxylic acids is 1. The van der Waals surface area contributed by atoms with Gasteiger partial charge in [-0.25, -0.2) is 0 Å². The number of ether oxygens (including phenoxy) is 2. The summed E-state index contributed by atoms with van der Waals surface area (Å²) in [6.07, 6.45) is 7.86. The van der Waals surface area contributed by atoms with Crippen LogP contribution in [-0.4, -0.2) is 13.1 Å². The first-order valence-electron chi connectivity index (χ1n) is 9.09. The standard InChI is InChI=1S/C21H26O3/c1-13(22)24-20-9-8-19-18-6-4-14-12-15(23-3)5-7-16(14)17(18)10-11-21(19,20)2/h5,7,9,12,17-19H,4,6,8,10-11H2,1-3H3. The predicted molar refractivity (Wildman–Crippen MR) is 92.8 cm³/mol. The minimum atomic E-state index is -0.189. The molecule has 0 aliphatic heterocycles. The number of hydrogen-bond donors (Lipinski definition) is 0.